The van der Waals surface area contributed by atoms with Crippen molar-refractivity contribution < 1.29 is 9.84 Å². The van der Waals surface area contributed by atoms with E-state index in [0.29, 0.717) is 0 Å². The van der Waals surface area contributed by atoms with Crippen molar-refractivity contribution >= 4 is 0 Å². The molecule has 0 aromatic heterocycles. The monoisotopic (exact) mass is 199 g/mol. The summed E-state index contributed by atoms with van der Waals surface area (Å²) in [5.74, 6) is 0. The minimum atomic E-state index is -0.246. The van der Waals surface area contributed by atoms with Crippen LogP contribution in [0.15, 0.2) is 0 Å². The molecule has 0 amide bonds. The molecule has 0 aliphatic heterocycles. The average Bonchev–Trinajstić information content (AvgIpc) is 2.56. The van der Waals surface area contributed by atoms with Crippen molar-refractivity contribution in [2.24, 2.45) is 5.73 Å². The standard InChI is InChI=1S/C11H21NO2/c12-8-4-1-2-6-10(8)14-11-7-3-5-9(11)13/h8-11,13H,1-7,12H2. The molecule has 3 N–H and O–H groups in total. The molecule has 0 heterocycles. The molecule has 82 valence electrons. The molecule has 2 fully saturated rings. The summed E-state index contributed by atoms with van der Waals surface area (Å²) in [4.78, 5) is 0. The molecule has 4 unspecified atom stereocenters. The largest absolute Gasteiger partial charge is 0.390 e. The Morgan fingerprint density at radius 2 is 1.64 bits per heavy atom. The van der Waals surface area contributed by atoms with Crippen LogP contribution in [-0.2, 0) is 4.74 Å². The van der Waals surface area contributed by atoms with E-state index < -0.39 is 0 Å². The van der Waals surface area contributed by atoms with Gasteiger partial charge in [-0.2, -0.15) is 0 Å². The lowest BCUT2D eigenvalue weighted by Crippen LogP contribution is -2.42. The molecule has 3 nitrogen and oxygen atoms in total. The van der Waals surface area contributed by atoms with Crippen molar-refractivity contribution in [2.75, 3.05) is 0 Å². The number of aliphatic hydroxyl groups is 1. The Labute approximate surface area is 85.6 Å². The summed E-state index contributed by atoms with van der Waals surface area (Å²) in [5.41, 5.74) is 6.00. The quantitative estimate of drug-likeness (QED) is 0.702. The zero-order chi connectivity index (χ0) is 9.97. The first-order valence-corrected chi connectivity index (χ1v) is 5.86. The van der Waals surface area contributed by atoms with Crippen LogP contribution < -0.4 is 5.73 Å². The van der Waals surface area contributed by atoms with E-state index in [0.717, 1.165) is 32.1 Å². The van der Waals surface area contributed by atoms with Gasteiger partial charge < -0.3 is 15.6 Å². The van der Waals surface area contributed by atoms with Gasteiger partial charge in [0, 0.05) is 6.04 Å². The van der Waals surface area contributed by atoms with Crippen molar-refractivity contribution in [3.63, 3.8) is 0 Å². The zero-order valence-corrected chi connectivity index (χ0v) is 8.69. The minimum absolute atomic E-state index is 0.0594. The van der Waals surface area contributed by atoms with Gasteiger partial charge >= 0.3 is 0 Å². The third-order valence-electron chi connectivity index (χ3n) is 3.52. The summed E-state index contributed by atoms with van der Waals surface area (Å²) in [6.07, 6.45) is 7.60. The first-order valence-electron chi connectivity index (χ1n) is 5.86. The van der Waals surface area contributed by atoms with Crippen LogP contribution in [0.25, 0.3) is 0 Å². The van der Waals surface area contributed by atoms with Crippen LogP contribution in [0.2, 0.25) is 0 Å². The molecule has 0 saturated heterocycles. The van der Waals surface area contributed by atoms with Crippen LogP contribution >= 0.6 is 0 Å². The second-order valence-corrected chi connectivity index (χ2v) is 4.66. The lowest BCUT2D eigenvalue weighted by Gasteiger charge is -2.31. The predicted octanol–water partition coefficient (Wildman–Crippen LogP) is 1.19. The Morgan fingerprint density at radius 1 is 0.929 bits per heavy atom. The molecule has 3 heteroatoms. The Bertz CT molecular complexity index is 186. The van der Waals surface area contributed by atoms with Crippen LogP contribution in [-0.4, -0.2) is 29.5 Å². The second kappa shape index (κ2) is 4.60. The van der Waals surface area contributed by atoms with E-state index in [1.165, 1.54) is 12.8 Å². The lowest BCUT2D eigenvalue weighted by atomic mass is 9.93. The summed E-state index contributed by atoms with van der Waals surface area (Å²) >= 11 is 0. The Kier molecular flexibility index (Phi) is 3.42. The fourth-order valence-corrected chi connectivity index (χ4v) is 2.58. The Balaban J connectivity index is 1.83. The van der Waals surface area contributed by atoms with Crippen LogP contribution in [0.1, 0.15) is 44.9 Å². The molecule has 2 aliphatic carbocycles. The van der Waals surface area contributed by atoms with Crippen molar-refractivity contribution in [3.05, 3.63) is 0 Å². The van der Waals surface area contributed by atoms with Crippen LogP contribution in [0.5, 0.6) is 0 Å². The van der Waals surface area contributed by atoms with Gasteiger partial charge in [0.1, 0.15) is 0 Å². The molecule has 2 rings (SSSR count). The van der Waals surface area contributed by atoms with E-state index in [-0.39, 0.29) is 24.4 Å². The topological polar surface area (TPSA) is 55.5 Å². The van der Waals surface area contributed by atoms with E-state index in [2.05, 4.69) is 0 Å². The third kappa shape index (κ3) is 2.27. The molecule has 0 spiro atoms. The Hall–Kier alpha value is -0.120. The molecule has 0 radical (unpaired) electrons. The van der Waals surface area contributed by atoms with E-state index in [1.807, 2.05) is 0 Å². The smallest absolute Gasteiger partial charge is 0.0838 e. The summed E-state index contributed by atoms with van der Waals surface area (Å²) in [6.45, 7) is 0. The number of aliphatic hydroxyl groups excluding tert-OH is 1. The lowest BCUT2D eigenvalue weighted by molar-refractivity contribution is -0.0798. The van der Waals surface area contributed by atoms with E-state index >= 15 is 0 Å². The fourth-order valence-electron chi connectivity index (χ4n) is 2.58. The highest BCUT2D eigenvalue weighted by molar-refractivity contribution is 4.83. The SMILES string of the molecule is NC1CCCCC1OC1CCCC1O. The van der Waals surface area contributed by atoms with Crippen LogP contribution in [0.4, 0.5) is 0 Å². The van der Waals surface area contributed by atoms with Crippen LogP contribution in [0, 0.1) is 0 Å². The maximum Gasteiger partial charge on any atom is 0.0838 e. The predicted molar refractivity (Wildman–Crippen MR) is 55.0 cm³/mol. The normalized spacial score (nSPS) is 44.1. The average molecular weight is 199 g/mol. The van der Waals surface area contributed by atoms with Crippen molar-refractivity contribution in [1.29, 1.82) is 0 Å². The van der Waals surface area contributed by atoms with E-state index in [1.54, 1.807) is 0 Å². The van der Waals surface area contributed by atoms with Gasteiger partial charge in [-0.15, -0.1) is 0 Å². The molecule has 2 saturated carbocycles. The highest BCUT2D eigenvalue weighted by atomic mass is 16.5. The molecule has 2 aliphatic rings. The molecule has 4 atom stereocenters. The molecule has 14 heavy (non-hydrogen) atoms. The second-order valence-electron chi connectivity index (χ2n) is 4.66. The number of hydrogen-bond acceptors (Lipinski definition) is 3. The molecular formula is C11H21NO2. The number of rotatable bonds is 2. The molecular weight excluding hydrogens is 178 g/mol. The first-order chi connectivity index (χ1) is 6.77. The summed E-state index contributed by atoms with van der Waals surface area (Å²) in [5, 5.41) is 9.64. The van der Waals surface area contributed by atoms with Gasteiger partial charge in [-0.25, -0.2) is 0 Å². The zero-order valence-electron chi connectivity index (χ0n) is 8.69. The number of hydrogen-bond donors (Lipinski definition) is 2. The van der Waals surface area contributed by atoms with Crippen LogP contribution in [0.3, 0.4) is 0 Å². The van der Waals surface area contributed by atoms with Gasteiger partial charge in [0.25, 0.3) is 0 Å². The van der Waals surface area contributed by atoms with Crippen molar-refractivity contribution in [1.82, 2.24) is 0 Å². The molecule has 0 aromatic rings. The molecule has 0 aromatic carbocycles. The highest BCUT2D eigenvalue weighted by Gasteiger charge is 2.31. The van der Waals surface area contributed by atoms with Gasteiger partial charge in [-0.05, 0) is 32.1 Å². The maximum atomic E-state index is 9.64. The van der Waals surface area contributed by atoms with E-state index in [9.17, 15) is 5.11 Å². The minimum Gasteiger partial charge on any atom is -0.390 e. The van der Waals surface area contributed by atoms with Gasteiger partial charge in [0.2, 0.25) is 0 Å². The highest BCUT2D eigenvalue weighted by Crippen LogP contribution is 2.27. The Morgan fingerprint density at radius 3 is 2.29 bits per heavy atom. The van der Waals surface area contributed by atoms with Gasteiger partial charge in [-0.3, -0.25) is 0 Å². The third-order valence-corrected chi connectivity index (χ3v) is 3.52. The summed E-state index contributed by atoms with van der Waals surface area (Å²) in [6, 6.07) is 0.191. The molecule has 0 bridgehead atoms. The van der Waals surface area contributed by atoms with E-state index in [4.69, 9.17) is 10.5 Å². The maximum absolute atomic E-state index is 9.64. The fraction of sp³-hybridized carbons (Fsp3) is 1.00. The van der Waals surface area contributed by atoms with Crippen molar-refractivity contribution in [2.45, 2.75) is 69.3 Å². The summed E-state index contributed by atoms with van der Waals surface area (Å²) in [7, 11) is 0. The first kappa shape index (κ1) is 10.4. The van der Waals surface area contributed by atoms with Gasteiger partial charge in [0.15, 0.2) is 0 Å². The van der Waals surface area contributed by atoms with Crippen molar-refractivity contribution in [3.8, 4) is 0 Å². The number of ether oxygens (including phenoxy) is 1. The summed E-state index contributed by atoms with van der Waals surface area (Å²) < 4.78 is 5.90. The number of nitrogens with two attached hydrogens (primary N) is 1. The van der Waals surface area contributed by atoms with Gasteiger partial charge in [-0.1, -0.05) is 12.8 Å². The van der Waals surface area contributed by atoms with Gasteiger partial charge in [0.05, 0.1) is 18.3 Å².